The van der Waals surface area contributed by atoms with Crippen LogP contribution in [0.25, 0.3) is 0 Å². The van der Waals surface area contributed by atoms with Gasteiger partial charge in [0.05, 0.1) is 0 Å². The molecule has 0 fully saturated rings. The van der Waals surface area contributed by atoms with Crippen molar-refractivity contribution in [3.05, 3.63) is 32.7 Å². The van der Waals surface area contributed by atoms with Crippen molar-refractivity contribution in [3.63, 3.8) is 0 Å². The molecule has 16 heavy (non-hydrogen) atoms. The molecule has 0 amide bonds. The number of H-pyrrole nitrogens is 3. The SMILES string of the molecule is O=c1[nH]c(O)c(C=Nc2ncn[nH]2)c(=O)[nH]1. The van der Waals surface area contributed by atoms with E-state index in [0.29, 0.717) is 0 Å². The second-order valence-electron chi connectivity index (χ2n) is 2.74. The van der Waals surface area contributed by atoms with Gasteiger partial charge in [0.1, 0.15) is 11.9 Å². The molecule has 0 saturated heterocycles. The van der Waals surface area contributed by atoms with Crippen LogP contribution in [0.4, 0.5) is 5.95 Å². The minimum absolute atomic E-state index is 0.170. The summed E-state index contributed by atoms with van der Waals surface area (Å²) in [7, 11) is 0. The molecular weight excluding hydrogens is 216 g/mol. The van der Waals surface area contributed by atoms with E-state index in [2.05, 4.69) is 20.2 Å². The topological polar surface area (TPSA) is 140 Å². The Morgan fingerprint density at radius 2 is 2.19 bits per heavy atom. The molecule has 0 aliphatic heterocycles. The van der Waals surface area contributed by atoms with Gasteiger partial charge in [0.2, 0.25) is 11.8 Å². The van der Waals surface area contributed by atoms with Crippen LogP contribution in [-0.4, -0.2) is 36.5 Å². The van der Waals surface area contributed by atoms with Gasteiger partial charge in [0.15, 0.2) is 0 Å². The Balaban J connectivity index is 2.43. The molecule has 0 aliphatic carbocycles. The maximum Gasteiger partial charge on any atom is 0.328 e. The largest absolute Gasteiger partial charge is 0.494 e. The monoisotopic (exact) mass is 222 g/mol. The van der Waals surface area contributed by atoms with Crippen molar-refractivity contribution in [2.75, 3.05) is 0 Å². The van der Waals surface area contributed by atoms with Gasteiger partial charge in [-0.3, -0.25) is 14.8 Å². The molecule has 0 aromatic carbocycles. The molecule has 0 aliphatic rings. The Kier molecular flexibility index (Phi) is 2.34. The second-order valence-corrected chi connectivity index (χ2v) is 2.74. The van der Waals surface area contributed by atoms with Crippen molar-refractivity contribution in [2.24, 2.45) is 4.99 Å². The van der Waals surface area contributed by atoms with Gasteiger partial charge in [0, 0.05) is 6.21 Å². The molecule has 4 N–H and O–H groups in total. The van der Waals surface area contributed by atoms with E-state index < -0.39 is 17.1 Å². The quantitative estimate of drug-likeness (QED) is 0.464. The maximum absolute atomic E-state index is 11.2. The summed E-state index contributed by atoms with van der Waals surface area (Å²) in [5.41, 5.74) is -1.71. The average molecular weight is 222 g/mol. The first-order valence-corrected chi connectivity index (χ1v) is 4.12. The summed E-state index contributed by atoms with van der Waals surface area (Å²) in [6.07, 6.45) is 2.30. The first kappa shape index (κ1) is 9.83. The second kappa shape index (κ2) is 3.81. The van der Waals surface area contributed by atoms with Crippen molar-refractivity contribution >= 4 is 12.2 Å². The van der Waals surface area contributed by atoms with E-state index in [9.17, 15) is 14.7 Å². The highest BCUT2D eigenvalue weighted by Gasteiger charge is 2.05. The van der Waals surface area contributed by atoms with Gasteiger partial charge in [-0.1, -0.05) is 0 Å². The molecule has 2 rings (SSSR count). The number of nitrogens with one attached hydrogen (secondary N) is 3. The van der Waals surface area contributed by atoms with Gasteiger partial charge in [-0.05, 0) is 0 Å². The first-order valence-electron chi connectivity index (χ1n) is 4.12. The van der Waals surface area contributed by atoms with Crippen molar-refractivity contribution < 1.29 is 5.11 Å². The zero-order chi connectivity index (χ0) is 11.5. The third-order valence-electron chi connectivity index (χ3n) is 1.68. The van der Waals surface area contributed by atoms with Crippen molar-refractivity contribution in [3.8, 4) is 5.88 Å². The maximum atomic E-state index is 11.2. The molecule has 9 nitrogen and oxygen atoms in total. The van der Waals surface area contributed by atoms with Gasteiger partial charge in [-0.25, -0.2) is 14.9 Å². The summed E-state index contributed by atoms with van der Waals surface area (Å²) >= 11 is 0. The smallest absolute Gasteiger partial charge is 0.328 e. The van der Waals surface area contributed by atoms with Gasteiger partial charge in [-0.2, -0.15) is 10.1 Å². The summed E-state index contributed by atoms with van der Waals surface area (Å²) in [5, 5.41) is 15.3. The van der Waals surface area contributed by atoms with Crippen LogP contribution < -0.4 is 11.2 Å². The van der Waals surface area contributed by atoms with Crippen LogP contribution in [0.1, 0.15) is 5.56 Å². The van der Waals surface area contributed by atoms with Gasteiger partial charge < -0.3 is 5.11 Å². The van der Waals surface area contributed by atoms with Crippen LogP contribution in [-0.2, 0) is 0 Å². The molecular formula is C7H6N6O3. The molecule has 0 atom stereocenters. The standard InChI is InChI=1S/C7H6N6O3/c14-4-3(5(15)12-7(16)11-4)1-8-6-9-2-10-13-6/h1-2H,(H,9,10,13)(H3,11,12,14,15,16). The van der Waals surface area contributed by atoms with Crippen molar-refractivity contribution in [1.29, 1.82) is 0 Å². The Bertz CT molecular complexity index is 622. The predicted molar refractivity (Wildman–Crippen MR) is 53.0 cm³/mol. The molecule has 0 saturated carbocycles. The fourth-order valence-corrected chi connectivity index (χ4v) is 0.991. The fourth-order valence-electron chi connectivity index (χ4n) is 0.991. The van der Waals surface area contributed by atoms with Crippen molar-refractivity contribution in [1.82, 2.24) is 25.1 Å². The first-order chi connectivity index (χ1) is 7.66. The number of aromatic amines is 3. The highest BCUT2D eigenvalue weighted by Crippen LogP contribution is 2.04. The molecule has 82 valence electrons. The lowest BCUT2D eigenvalue weighted by Gasteiger charge is -1.94. The van der Waals surface area contributed by atoms with Crippen LogP contribution in [0.2, 0.25) is 0 Å². The molecule has 0 unspecified atom stereocenters. The Hall–Kier alpha value is -2.71. The number of rotatable bonds is 2. The number of aromatic hydroxyl groups is 1. The summed E-state index contributed by atoms with van der Waals surface area (Å²) in [6.45, 7) is 0. The minimum Gasteiger partial charge on any atom is -0.494 e. The fraction of sp³-hybridized carbons (Fsp3) is 0. The van der Waals surface area contributed by atoms with Crippen LogP contribution in [0.15, 0.2) is 20.9 Å². The third-order valence-corrected chi connectivity index (χ3v) is 1.68. The van der Waals surface area contributed by atoms with E-state index in [4.69, 9.17) is 0 Å². The van der Waals surface area contributed by atoms with Crippen LogP contribution in [0.5, 0.6) is 5.88 Å². The molecule has 0 bridgehead atoms. The summed E-state index contributed by atoms with van der Waals surface area (Å²) in [4.78, 5) is 33.4. The molecule has 2 aromatic heterocycles. The number of hydrogen-bond donors (Lipinski definition) is 4. The predicted octanol–water partition coefficient (Wildman–Crippen LogP) is -1.36. The number of aromatic nitrogens is 5. The summed E-state index contributed by atoms with van der Waals surface area (Å²) < 4.78 is 0. The van der Waals surface area contributed by atoms with Crippen LogP contribution >= 0.6 is 0 Å². The third kappa shape index (κ3) is 1.87. The Morgan fingerprint density at radius 3 is 2.81 bits per heavy atom. The molecule has 2 aromatic rings. The summed E-state index contributed by atoms with van der Waals surface area (Å²) in [6, 6.07) is 0. The Morgan fingerprint density at radius 1 is 1.38 bits per heavy atom. The van der Waals surface area contributed by atoms with Gasteiger partial charge >= 0.3 is 5.69 Å². The summed E-state index contributed by atoms with van der Waals surface area (Å²) in [5.74, 6) is -0.387. The lowest BCUT2D eigenvalue weighted by atomic mass is 10.3. The lowest BCUT2D eigenvalue weighted by molar-refractivity contribution is 0.447. The van der Waals surface area contributed by atoms with E-state index in [0.717, 1.165) is 6.21 Å². The zero-order valence-electron chi connectivity index (χ0n) is 7.76. The average Bonchev–Trinajstić information content (AvgIpc) is 2.68. The van der Waals surface area contributed by atoms with E-state index in [1.807, 2.05) is 9.97 Å². The minimum atomic E-state index is -0.792. The van der Waals surface area contributed by atoms with E-state index in [1.165, 1.54) is 6.33 Å². The van der Waals surface area contributed by atoms with Gasteiger partial charge in [0.25, 0.3) is 5.56 Å². The van der Waals surface area contributed by atoms with Crippen molar-refractivity contribution in [2.45, 2.75) is 0 Å². The highest BCUT2D eigenvalue weighted by atomic mass is 16.3. The molecule has 0 spiro atoms. The van der Waals surface area contributed by atoms with E-state index in [-0.39, 0.29) is 11.5 Å². The number of hydrogen-bond acceptors (Lipinski definition) is 6. The molecule has 2 heterocycles. The molecule has 0 radical (unpaired) electrons. The molecule has 9 heteroatoms. The number of nitrogens with zero attached hydrogens (tertiary/aromatic N) is 3. The van der Waals surface area contributed by atoms with E-state index >= 15 is 0 Å². The zero-order valence-corrected chi connectivity index (χ0v) is 7.76. The van der Waals surface area contributed by atoms with Crippen LogP contribution in [0, 0.1) is 0 Å². The highest BCUT2D eigenvalue weighted by molar-refractivity contribution is 5.83. The Labute approximate surface area is 86.9 Å². The normalized spacial score (nSPS) is 11.0. The van der Waals surface area contributed by atoms with Crippen LogP contribution in [0.3, 0.4) is 0 Å². The van der Waals surface area contributed by atoms with E-state index in [1.54, 1.807) is 0 Å². The number of aliphatic imine (C=N–C) groups is 1. The lowest BCUT2D eigenvalue weighted by Crippen LogP contribution is -2.24. The van der Waals surface area contributed by atoms with Gasteiger partial charge in [-0.15, -0.1) is 0 Å².